The van der Waals surface area contributed by atoms with Gasteiger partial charge in [-0.3, -0.25) is 9.78 Å². The van der Waals surface area contributed by atoms with Crippen LogP contribution in [0.1, 0.15) is 0 Å². The van der Waals surface area contributed by atoms with E-state index in [1.807, 2.05) is 6.07 Å². The van der Waals surface area contributed by atoms with Gasteiger partial charge in [0.1, 0.15) is 10.2 Å². The number of nitrogens with one attached hydrogen (secondary N) is 2. The summed E-state index contributed by atoms with van der Waals surface area (Å²) < 4.78 is 6.30. The highest BCUT2D eigenvalue weighted by atomic mass is 35.5. The van der Waals surface area contributed by atoms with Gasteiger partial charge in [-0.15, -0.1) is 23.7 Å². The van der Waals surface area contributed by atoms with Crippen LogP contribution in [0.2, 0.25) is 0 Å². The molecular weight excluding hydrogens is 278 g/mol. The molecule has 94 valence electrons. The standard InChI is InChI=1S/C10H7N3O3S.ClH/c1-16-5-3-2-4-6(11-5)7-8(17-4)9(14)13-10(15)12-7;/h2-3H,1H3,(H2,12,13,14,15);1H. The van der Waals surface area contributed by atoms with Crippen LogP contribution in [0.4, 0.5) is 0 Å². The number of aromatic nitrogens is 3. The van der Waals surface area contributed by atoms with E-state index >= 15 is 0 Å². The third kappa shape index (κ3) is 1.77. The third-order valence-electron chi connectivity index (χ3n) is 2.39. The number of ether oxygens (including phenoxy) is 1. The highest BCUT2D eigenvalue weighted by Crippen LogP contribution is 2.29. The fourth-order valence-corrected chi connectivity index (χ4v) is 2.65. The zero-order valence-electron chi connectivity index (χ0n) is 9.14. The number of aromatic amines is 2. The maximum Gasteiger partial charge on any atom is 0.326 e. The van der Waals surface area contributed by atoms with E-state index in [0.717, 1.165) is 4.70 Å². The second kappa shape index (κ2) is 4.43. The van der Waals surface area contributed by atoms with Crippen LogP contribution >= 0.6 is 23.7 Å². The van der Waals surface area contributed by atoms with Crippen molar-refractivity contribution in [2.75, 3.05) is 7.11 Å². The van der Waals surface area contributed by atoms with E-state index in [-0.39, 0.29) is 12.4 Å². The lowest BCUT2D eigenvalue weighted by molar-refractivity contribution is 0.399. The lowest BCUT2D eigenvalue weighted by Crippen LogP contribution is -2.20. The second-order valence-electron chi connectivity index (χ2n) is 3.41. The first-order valence-electron chi connectivity index (χ1n) is 4.79. The van der Waals surface area contributed by atoms with Crippen LogP contribution in [0.3, 0.4) is 0 Å². The minimum atomic E-state index is -0.535. The third-order valence-corrected chi connectivity index (χ3v) is 3.53. The van der Waals surface area contributed by atoms with Crippen LogP contribution in [-0.4, -0.2) is 22.1 Å². The van der Waals surface area contributed by atoms with E-state index in [9.17, 15) is 9.59 Å². The van der Waals surface area contributed by atoms with Crippen molar-refractivity contribution >= 4 is 44.2 Å². The molecular formula is C10H8ClN3O3S. The van der Waals surface area contributed by atoms with Gasteiger partial charge < -0.3 is 9.72 Å². The number of fused-ring (bicyclic) bond motifs is 3. The van der Waals surface area contributed by atoms with Crippen molar-refractivity contribution in [1.29, 1.82) is 0 Å². The van der Waals surface area contributed by atoms with E-state index in [2.05, 4.69) is 15.0 Å². The second-order valence-corrected chi connectivity index (χ2v) is 4.47. The number of pyridine rings is 1. The van der Waals surface area contributed by atoms with Gasteiger partial charge in [-0.25, -0.2) is 9.78 Å². The number of H-pyrrole nitrogens is 2. The summed E-state index contributed by atoms with van der Waals surface area (Å²) in [5.41, 5.74) is 0.0998. The predicted octanol–water partition coefficient (Wildman–Crippen LogP) is 1.26. The maximum atomic E-state index is 11.6. The van der Waals surface area contributed by atoms with E-state index in [4.69, 9.17) is 4.74 Å². The summed E-state index contributed by atoms with van der Waals surface area (Å²) in [6.07, 6.45) is 0. The average Bonchev–Trinajstić information content (AvgIpc) is 2.67. The largest absolute Gasteiger partial charge is 0.481 e. The van der Waals surface area contributed by atoms with Crippen LogP contribution in [0.25, 0.3) is 20.4 Å². The molecule has 0 fully saturated rings. The molecule has 0 saturated carbocycles. The van der Waals surface area contributed by atoms with Crippen LogP contribution in [0.15, 0.2) is 21.7 Å². The van der Waals surface area contributed by atoms with Crippen LogP contribution in [0, 0.1) is 0 Å². The number of nitrogens with zero attached hydrogens (tertiary/aromatic N) is 1. The lowest BCUT2D eigenvalue weighted by atomic mass is 10.3. The van der Waals surface area contributed by atoms with Gasteiger partial charge in [0.2, 0.25) is 5.88 Å². The topological polar surface area (TPSA) is 87.8 Å². The molecule has 0 aliphatic rings. The molecule has 3 aromatic rings. The Labute approximate surface area is 110 Å². The number of halogens is 1. The number of rotatable bonds is 1. The molecule has 18 heavy (non-hydrogen) atoms. The van der Waals surface area contributed by atoms with E-state index < -0.39 is 11.2 Å². The fourth-order valence-electron chi connectivity index (χ4n) is 1.65. The Balaban J connectivity index is 0.00000120. The first kappa shape index (κ1) is 12.6. The maximum absolute atomic E-state index is 11.6. The number of methoxy groups -OCH3 is 1. The summed E-state index contributed by atoms with van der Waals surface area (Å²) in [6, 6.07) is 3.52. The van der Waals surface area contributed by atoms with Crippen LogP contribution in [0.5, 0.6) is 5.88 Å². The lowest BCUT2D eigenvalue weighted by Gasteiger charge is -1.97. The zero-order chi connectivity index (χ0) is 12.0. The molecule has 6 nitrogen and oxygen atoms in total. The summed E-state index contributed by atoms with van der Waals surface area (Å²) in [5.74, 6) is 0.443. The summed E-state index contributed by atoms with van der Waals surface area (Å²) in [7, 11) is 1.51. The number of hydrogen-bond donors (Lipinski definition) is 2. The monoisotopic (exact) mass is 285 g/mol. The molecule has 0 aliphatic heterocycles. The Kier molecular flexibility index (Phi) is 3.10. The number of hydrogen-bond acceptors (Lipinski definition) is 5. The smallest absolute Gasteiger partial charge is 0.326 e. The van der Waals surface area contributed by atoms with E-state index in [1.165, 1.54) is 18.4 Å². The molecule has 8 heteroatoms. The molecule has 3 aromatic heterocycles. The molecule has 0 aromatic carbocycles. The molecule has 0 atom stereocenters. The molecule has 0 aliphatic carbocycles. The highest BCUT2D eigenvalue weighted by molar-refractivity contribution is 7.25. The number of thiophene rings is 1. The molecule has 0 spiro atoms. The summed E-state index contributed by atoms with van der Waals surface area (Å²) in [6.45, 7) is 0. The first-order chi connectivity index (χ1) is 8.19. The molecule has 0 saturated heterocycles. The normalized spacial score (nSPS) is 10.5. The van der Waals surface area contributed by atoms with Gasteiger partial charge in [-0.1, -0.05) is 0 Å². The summed E-state index contributed by atoms with van der Waals surface area (Å²) in [5, 5.41) is 0. The zero-order valence-corrected chi connectivity index (χ0v) is 10.8. The molecule has 0 radical (unpaired) electrons. The summed E-state index contributed by atoms with van der Waals surface area (Å²) in [4.78, 5) is 31.8. The van der Waals surface area contributed by atoms with Crippen molar-refractivity contribution in [3.05, 3.63) is 33.0 Å². The van der Waals surface area contributed by atoms with E-state index in [0.29, 0.717) is 21.6 Å². The Bertz CT molecular complexity index is 836. The van der Waals surface area contributed by atoms with Gasteiger partial charge in [0.15, 0.2) is 0 Å². The van der Waals surface area contributed by atoms with Gasteiger partial charge in [0, 0.05) is 6.07 Å². The highest BCUT2D eigenvalue weighted by Gasteiger charge is 2.11. The average molecular weight is 286 g/mol. The molecule has 0 amide bonds. The van der Waals surface area contributed by atoms with Crippen molar-refractivity contribution in [1.82, 2.24) is 15.0 Å². The minimum absolute atomic E-state index is 0. The van der Waals surface area contributed by atoms with Crippen molar-refractivity contribution in [2.24, 2.45) is 0 Å². The van der Waals surface area contributed by atoms with Gasteiger partial charge in [0.05, 0.1) is 17.3 Å². The first-order valence-corrected chi connectivity index (χ1v) is 5.60. The molecule has 0 unspecified atom stereocenters. The SMILES string of the molecule is COc1ccc2sc3c(=O)[nH]c(=O)[nH]c3c2n1.Cl. The summed E-state index contributed by atoms with van der Waals surface area (Å²) >= 11 is 1.28. The van der Waals surface area contributed by atoms with Gasteiger partial charge in [-0.2, -0.15) is 0 Å². The Morgan fingerprint density at radius 1 is 1.28 bits per heavy atom. The van der Waals surface area contributed by atoms with E-state index in [1.54, 1.807) is 6.07 Å². The van der Waals surface area contributed by atoms with Crippen LogP contribution in [-0.2, 0) is 0 Å². The Morgan fingerprint density at radius 3 is 2.78 bits per heavy atom. The fraction of sp³-hybridized carbons (Fsp3) is 0.100. The van der Waals surface area contributed by atoms with Gasteiger partial charge in [0.25, 0.3) is 5.56 Å². The van der Waals surface area contributed by atoms with Crippen molar-refractivity contribution < 1.29 is 4.74 Å². The quantitative estimate of drug-likeness (QED) is 0.704. The molecule has 3 heterocycles. The predicted molar refractivity (Wildman–Crippen MR) is 72.2 cm³/mol. The molecule has 3 rings (SSSR count). The van der Waals surface area contributed by atoms with Gasteiger partial charge in [-0.05, 0) is 6.07 Å². The molecule has 0 bridgehead atoms. The van der Waals surface area contributed by atoms with Crippen molar-refractivity contribution in [2.45, 2.75) is 0 Å². The van der Waals surface area contributed by atoms with Gasteiger partial charge >= 0.3 is 5.69 Å². The Morgan fingerprint density at radius 2 is 2.06 bits per heavy atom. The van der Waals surface area contributed by atoms with Crippen LogP contribution < -0.4 is 16.0 Å². The van der Waals surface area contributed by atoms with Crippen molar-refractivity contribution in [3.63, 3.8) is 0 Å². The minimum Gasteiger partial charge on any atom is -0.481 e. The van der Waals surface area contributed by atoms with Crippen molar-refractivity contribution in [3.8, 4) is 5.88 Å². The molecule has 2 N–H and O–H groups in total. The Hall–Kier alpha value is -1.86.